The third-order valence-electron chi connectivity index (χ3n) is 4.55. The van der Waals surface area contributed by atoms with Crippen molar-refractivity contribution in [2.24, 2.45) is 0 Å². The summed E-state index contributed by atoms with van der Waals surface area (Å²) in [6, 6.07) is 16.4. The first-order valence-corrected chi connectivity index (χ1v) is 8.80. The van der Waals surface area contributed by atoms with Gasteiger partial charge in [0.25, 0.3) is 0 Å². The molecule has 2 aromatic rings. The first-order chi connectivity index (χ1) is 12.7. The Morgan fingerprint density at radius 3 is 2.23 bits per heavy atom. The van der Waals surface area contributed by atoms with E-state index in [9.17, 15) is 9.59 Å². The second-order valence-corrected chi connectivity index (χ2v) is 6.33. The molecule has 136 valence electrons. The van der Waals surface area contributed by atoms with Crippen LogP contribution in [0.2, 0.25) is 0 Å². The SMILES string of the molecule is COCC(=O)CCCNC(=O)OCC1c2ccccc2-c2ccccc21. The van der Waals surface area contributed by atoms with Crippen molar-refractivity contribution in [1.82, 2.24) is 5.32 Å². The highest BCUT2D eigenvalue weighted by Gasteiger charge is 2.28. The lowest BCUT2D eigenvalue weighted by atomic mass is 9.98. The molecular weight excluding hydrogens is 330 g/mol. The zero-order valence-electron chi connectivity index (χ0n) is 14.9. The Kier molecular flexibility index (Phi) is 6.02. The van der Waals surface area contributed by atoms with Crippen molar-refractivity contribution in [2.75, 3.05) is 26.9 Å². The maximum atomic E-state index is 12.0. The van der Waals surface area contributed by atoms with Gasteiger partial charge >= 0.3 is 6.09 Å². The fourth-order valence-electron chi connectivity index (χ4n) is 3.36. The summed E-state index contributed by atoms with van der Waals surface area (Å²) in [5.41, 5.74) is 4.78. The zero-order chi connectivity index (χ0) is 18.4. The Balaban J connectivity index is 1.52. The predicted octanol–water partition coefficient (Wildman–Crippen LogP) is 3.52. The Labute approximate surface area is 153 Å². The number of nitrogens with one attached hydrogen (secondary N) is 1. The van der Waals surface area contributed by atoms with Gasteiger partial charge in [-0.05, 0) is 28.7 Å². The minimum Gasteiger partial charge on any atom is -0.449 e. The molecule has 0 unspecified atom stereocenters. The lowest BCUT2D eigenvalue weighted by molar-refractivity contribution is -0.122. The van der Waals surface area contributed by atoms with Crippen LogP contribution in [0.15, 0.2) is 48.5 Å². The van der Waals surface area contributed by atoms with Crippen molar-refractivity contribution in [3.05, 3.63) is 59.7 Å². The van der Waals surface area contributed by atoms with Crippen LogP contribution >= 0.6 is 0 Å². The van der Waals surface area contributed by atoms with Crippen LogP contribution in [-0.4, -0.2) is 38.7 Å². The molecule has 0 saturated heterocycles. The van der Waals surface area contributed by atoms with Crippen LogP contribution in [0.3, 0.4) is 0 Å². The Bertz CT molecular complexity index is 742. The Morgan fingerprint density at radius 1 is 1.00 bits per heavy atom. The van der Waals surface area contributed by atoms with Gasteiger partial charge in [0.1, 0.15) is 13.2 Å². The van der Waals surface area contributed by atoms with Crippen LogP contribution in [0.25, 0.3) is 11.1 Å². The van der Waals surface area contributed by atoms with Crippen molar-refractivity contribution >= 4 is 11.9 Å². The number of benzene rings is 2. The normalized spacial score (nSPS) is 12.3. The number of ether oxygens (including phenoxy) is 2. The van der Waals surface area contributed by atoms with E-state index in [1.807, 2.05) is 24.3 Å². The lowest BCUT2D eigenvalue weighted by Crippen LogP contribution is -2.27. The van der Waals surface area contributed by atoms with E-state index in [0.717, 1.165) is 0 Å². The first-order valence-electron chi connectivity index (χ1n) is 8.80. The standard InChI is InChI=1S/C21H23NO4/c1-25-13-15(23)7-6-12-22-21(24)26-14-20-18-10-4-2-8-16(18)17-9-3-5-11-19(17)20/h2-5,8-11,20H,6-7,12-14H2,1H3,(H,22,24). The minimum absolute atomic E-state index is 0.0295. The molecule has 3 rings (SSSR count). The molecule has 0 fully saturated rings. The average Bonchev–Trinajstić information content (AvgIpc) is 2.98. The molecule has 2 aromatic carbocycles. The molecular formula is C21H23NO4. The summed E-state index contributed by atoms with van der Waals surface area (Å²) in [6.45, 7) is 0.819. The highest BCUT2D eigenvalue weighted by molar-refractivity contribution is 5.80. The molecule has 0 heterocycles. The van der Waals surface area contributed by atoms with E-state index < -0.39 is 6.09 Å². The molecule has 1 aliphatic rings. The van der Waals surface area contributed by atoms with Crippen molar-refractivity contribution in [1.29, 1.82) is 0 Å². The maximum absolute atomic E-state index is 12.0. The molecule has 5 heteroatoms. The molecule has 5 nitrogen and oxygen atoms in total. The van der Waals surface area contributed by atoms with Crippen LogP contribution in [-0.2, 0) is 14.3 Å². The van der Waals surface area contributed by atoms with Crippen molar-refractivity contribution < 1.29 is 19.1 Å². The van der Waals surface area contributed by atoms with Gasteiger partial charge in [-0.3, -0.25) is 4.79 Å². The van der Waals surface area contributed by atoms with E-state index >= 15 is 0 Å². The highest BCUT2D eigenvalue weighted by atomic mass is 16.5. The van der Waals surface area contributed by atoms with E-state index in [-0.39, 0.29) is 18.3 Å². The molecule has 0 atom stereocenters. The molecule has 0 aromatic heterocycles. The topological polar surface area (TPSA) is 64.6 Å². The number of fused-ring (bicyclic) bond motifs is 3. The fourth-order valence-corrected chi connectivity index (χ4v) is 3.36. The number of rotatable bonds is 8. The minimum atomic E-state index is -0.453. The number of ketones is 1. The summed E-state index contributed by atoms with van der Waals surface area (Å²) >= 11 is 0. The summed E-state index contributed by atoms with van der Waals surface area (Å²) in [5.74, 6) is 0.0817. The van der Waals surface area contributed by atoms with Gasteiger partial charge in [0.05, 0.1) is 0 Å². The first kappa shape index (κ1) is 18.1. The maximum Gasteiger partial charge on any atom is 0.407 e. The summed E-state index contributed by atoms with van der Waals surface area (Å²) in [5, 5.41) is 2.70. The molecule has 1 amide bonds. The fraction of sp³-hybridized carbons (Fsp3) is 0.333. The van der Waals surface area contributed by atoms with Gasteiger partial charge in [0, 0.05) is 26.0 Å². The number of amides is 1. The summed E-state index contributed by atoms with van der Waals surface area (Å²) < 4.78 is 10.2. The smallest absolute Gasteiger partial charge is 0.407 e. The number of hydrogen-bond acceptors (Lipinski definition) is 4. The third kappa shape index (κ3) is 4.11. The van der Waals surface area contributed by atoms with E-state index in [2.05, 4.69) is 29.6 Å². The molecule has 0 radical (unpaired) electrons. The number of hydrogen-bond donors (Lipinski definition) is 1. The largest absolute Gasteiger partial charge is 0.449 e. The number of methoxy groups -OCH3 is 1. The van der Waals surface area contributed by atoms with Gasteiger partial charge in [-0.1, -0.05) is 48.5 Å². The van der Waals surface area contributed by atoms with Crippen LogP contribution in [0, 0.1) is 0 Å². The van der Waals surface area contributed by atoms with Gasteiger partial charge in [-0.15, -0.1) is 0 Å². The van der Waals surface area contributed by atoms with Crippen LogP contribution < -0.4 is 5.32 Å². The van der Waals surface area contributed by atoms with Crippen LogP contribution in [0.4, 0.5) is 4.79 Å². The number of alkyl carbamates (subject to hydrolysis) is 1. The molecule has 1 aliphatic carbocycles. The van der Waals surface area contributed by atoms with E-state index in [4.69, 9.17) is 9.47 Å². The molecule has 26 heavy (non-hydrogen) atoms. The monoisotopic (exact) mass is 353 g/mol. The molecule has 0 saturated carbocycles. The molecule has 0 spiro atoms. The molecule has 1 N–H and O–H groups in total. The number of carbonyl (C=O) groups excluding carboxylic acids is 2. The van der Waals surface area contributed by atoms with Gasteiger partial charge in [0.15, 0.2) is 5.78 Å². The summed E-state index contributed by atoms with van der Waals surface area (Å²) in [6.07, 6.45) is 0.509. The zero-order valence-corrected chi connectivity index (χ0v) is 14.9. The Morgan fingerprint density at radius 2 is 1.62 bits per heavy atom. The predicted molar refractivity (Wildman–Crippen MR) is 99.2 cm³/mol. The van der Waals surface area contributed by atoms with Crippen molar-refractivity contribution in [3.8, 4) is 11.1 Å². The second kappa shape index (κ2) is 8.63. The van der Waals surface area contributed by atoms with Gasteiger partial charge in [0.2, 0.25) is 0 Å². The molecule has 0 aliphatic heterocycles. The third-order valence-corrected chi connectivity index (χ3v) is 4.55. The number of Topliss-reactive ketones (excluding diaryl/α,β-unsaturated/α-hetero) is 1. The van der Waals surface area contributed by atoms with Gasteiger partial charge in [-0.25, -0.2) is 4.79 Å². The lowest BCUT2D eigenvalue weighted by Gasteiger charge is -2.14. The second-order valence-electron chi connectivity index (χ2n) is 6.33. The van der Waals surface area contributed by atoms with Crippen LogP contribution in [0.5, 0.6) is 0 Å². The molecule has 0 bridgehead atoms. The average molecular weight is 353 g/mol. The highest BCUT2D eigenvalue weighted by Crippen LogP contribution is 2.44. The van der Waals surface area contributed by atoms with Crippen molar-refractivity contribution in [3.63, 3.8) is 0 Å². The van der Waals surface area contributed by atoms with E-state index in [0.29, 0.717) is 26.0 Å². The van der Waals surface area contributed by atoms with E-state index in [1.165, 1.54) is 29.4 Å². The van der Waals surface area contributed by atoms with Crippen LogP contribution in [0.1, 0.15) is 29.9 Å². The van der Waals surface area contributed by atoms with Crippen molar-refractivity contribution in [2.45, 2.75) is 18.8 Å². The quantitative estimate of drug-likeness (QED) is 0.738. The Hall–Kier alpha value is -2.66. The summed E-state index contributed by atoms with van der Waals surface area (Å²) in [4.78, 5) is 23.3. The summed E-state index contributed by atoms with van der Waals surface area (Å²) in [7, 11) is 1.49. The van der Waals surface area contributed by atoms with Gasteiger partial charge < -0.3 is 14.8 Å². The van der Waals surface area contributed by atoms with Gasteiger partial charge in [-0.2, -0.15) is 0 Å². The number of carbonyl (C=O) groups is 2. The van der Waals surface area contributed by atoms with E-state index in [1.54, 1.807) is 0 Å².